The van der Waals surface area contributed by atoms with Crippen molar-refractivity contribution in [1.82, 2.24) is 13.6 Å². The molecule has 1 aromatic heterocycles. The third-order valence-corrected chi connectivity index (χ3v) is 3.32. The minimum Gasteiger partial charge on any atom is -0.475 e. The average molecular weight is 393 g/mol. The van der Waals surface area contributed by atoms with E-state index in [0.717, 1.165) is 25.3 Å². The molecule has 0 radical (unpaired) electrons. The lowest BCUT2D eigenvalue weighted by atomic mass is 10.1. The molecule has 0 saturated heterocycles. The Morgan fingerprint density at radius 1 is 1.37 bits per heavy atom. The van der Waals surface area contributed by atoms with E-state index in [0.29, 0.717) is 5.88 Å². The van der Waals surface area contributed by atoms with Crippen molar-refractivity contribution in [3.05, 3.63) is 24.0 Å². The Kier molecular flexibility index (Phi) is 7.37. The SMILES string of the molecule is CCCCCOc1nsnc1C1=CC=CN(C)C1.I. The number of likely N-dealkylation sites (N-methyl/N-ethyl adjacent to an activating group) is 1. The first-order valence-corrected chi connectivity index (χ1v) is 7.07. The van der Waals surface area contributed by atoms with E-state index in [2.05, 4.69) is 26.6 Å². The van der Waals surface area contributed by atoms with E-state index in [9.17, 15) is 0 Å². The zero-order chi connectivity index (χ0) is 12.8. The number of hydrogen-bond donors (Lipinski definition) is 0. The molecule has 0 saturated carbocycles. The van der Waals surface area contributed by atoms with Crippen molar-refractivity contribution in [3.63, 3.8) is 0 Å². The molecule has 0 amide bonds. The van der Waals surface area contributed by atoms with Crippen LogP contribution in [0.1, 0.15) is 31.9 Å². The molecule has 19 heavy (non-hydrogen) atoms. The first-order valence-electron chi connectivity index (χ1n) is 6.34. The molecule has 0 aliphatic carbocycles. The second-order valence-corrected chi connectivity index (χ2v) is 4.95. The highest BCUT2D eigenvalue weighted by atomic mass is 127. The molecule has 0 atom stereocenters. The molecule has 106 valence electrons. The topological polar surface area (TPSA) is 38.3 Å². The normalized spacial score (nSPS) is 14.0. The Hall–Kier alpha value is -0.630. The maximum Gasteiger partial charge on any atom is 0.253 e. The first-order chi connectivity index (χ1) is 8.81. The fraction of sp³-hybridized carbons (Fsp3) is 0.538. The van der Waals surface area contributed by atoms with E-state index in [4.69, 9.17) is 4.74 Å². The molecule has 0 fully saturated rings. The third-order valence-electron chi connectivity index (χ3n) is 2.81. The number of nitrogens with zero attached hydrogens (tertiary/aromatic N) is 3. The molecule has 4 nitrogen and oxygen atoms in total. The Morgan fingerprint density at radius 2 is 2.21 bits per heavy atom. The van der Waals surface area contributed by atoms with Crippen LogP contribution in [0, 0.1) is 0 Å². The molecule has 0 N–H and O–H groups in total. The monoisotopic (exact) mass is 393 g/mol. The van der Waals surface area contributed by atoms with Gasteiger partial charge in [-0.25, -0.2) is 0 Å². The summed E-state index contributed by atoms with van der Waals surface area (Å²) < 4.78 is 14.3. The molecule has 2 heterocycles. The van der Waals surface area contributed by atoms with Crippen molar-refractivity contribution < 1.29 is 4.74 Å². The maximum atomic E-state index is 5.72. The van der Waals surface area contributed by atoms with E-state index in [-0.39, 0.29) is 24.0 Å². The summed E-state index contributed by atoms with van der Waals surface area (Å²) in [5.74, 6) is 0.686. The number of allylic oxidation sites excluding steroid dienone is 2. The number of halogens is 1. The van der Waals surface area contributed by atoms with Gasteiger partial charge < -0.3 is 9.64 Å². The maximum absolute atomic E-state index is 5.72. The number of unbranched alkanes of at least 4 members (excludes halogenated alkanes) is 2. The lowest BCUT2D eigenvalue weighted by Gasteiger charge is -2.18. The van der Waals surface area contributed by atoms with Crippen LogP contribution in [0.2, 0.25) is 0 Å². The largest absolute Gasteiger partial charge is 0.475 e. The number of ether oxygens (including phenoxy) is 1. The van der Waals surface area contributed by atoms with Crippen LogP contribution in [0.5, 0.6) is 5.88 Å². The summed E-state index contributed by atoms with van der Waals surface area (Å²) in [6.45, 7) is 3.77. The smallest absolute Gasteiger partial charge is 0.253 e. The quantitative estimate of drug-likeness (QED) is 0.547. The van der Waals surface area contributed by atoms with Gasteiger partial charge in [-0.3, -0.25) is 0 Å². The van der Waals surface area contributed by atoms with Gasteiger partial charge in [0.15, 0.2) is 0 Å². The van der Waals surface area contributed by atoms with Crippen LogP contribution in [0.3, 0.4) is 0 Å². The van der Waals surface area contributed by atoms with E-state index >= 15 is 0 Å². The molecular formula is C13H20IN3OS. The van der Waals surface area contributed by atoms with E-state index in [1.807, 2.05) is 19.3 Å². The number of hydrogen-bond acceptors (Lipinski definition) is 5. The molecule has 0 aromatic carbocycles. The standard InChI is InChI=1S/C13H19N3OS.HI/c1-3-4-5-9-17-13-12(14-18-15-13)11-7-6-8-16(2)10-11;/h6-8H,3-5,9-10H2,1-2H3;1H. The molecule has 1 aliphatic heterocycles. The summed E-state index contributed by atoms with van der Waals surface area (Å²) in [4.78, 5) is 2.12. The third kappa shape index (κ3) is 4.76. The van der Waals surface area contributed by atoms with Crippen molar-refractivity contribution >= 4 is 41.3 Å². The molecule has 6 heteroatoms. The zero-order valence-electron chi connectivity index (χ0n) is 11.3. The van der Waals surface area contributed by atoms with Crippen molar-refractivity contribution in [2.45, 2.75) is 26.2 Å². The summed E-state index contributed by atoms with van der Waals surface area (Å²) in [7, 11) is 2.05. The molecule has 0 unspecified atom stereocenters. The second kappa shape index (κ2) is 8.52. The van der Waals surface area contributed by atoms with Gasteiger partial charge in [-0.1, -0.05) is 25.8 Å². The Morgan fingerprint density at radius 3 is 2.95 bits per heavy atom. The molecule has 1 aliphatic rings. The van der Waals surface area contributed by atoms with Gasteiger partial charge in [-0.15, -0.1) is 28.4 Å². The van der Waals surface area contributed by atoms with Crippen molar-refractivity contribution in [3.8, 4) is 5.88 Å². The van der Waals surface area contributed by atoms with Gasteiger partial charge >= 0.3 is 0 Å². The van der Waals surface area contributed by atoms with Gasteiger partial charge in [0.05, 0.1) is 18.3 Å². The molecule has 0 bridgehead atoms. The highest BCUT2D eigenvalue weighted by molar-refractivity contribution is 14.0. The van der Waals surface area contributed by atoms with Crippen molar-refractivity contribution in [2.24, 2.45) is 0 Å². The molecule has 2 rings (SSSR count). The van der Waals surface area contributed by atoms with Crippen LogP contribution in [0.4, 0.5) is 0 Å². The highest BCUT2D eigenvalue weighted by Crippen LogP contribution is 2.26. The molecular weight excluding hydrogens is 373 g/mol. The van der Waals surface area contributed by atoms with Crippen LogP contribution in [-0.2, 0) is 0 Å². The Balaban J connectivity index is 0.00000180. The van der Waals surface area contributed by atoms with Gasteiger partial charge in [0.2, 0.25) is 0 Å². The number of aromatic nitrogens is 2. The lowest BCUT2D eigenvalue weighted by Crippen LogP contribution is -2.16. The van der Waals surface area contributed by atoms with Crippen LogP contribution in [-0.4, -0.2) is 33.8 Å². The van der Waals surface area contributed by atoms with E-state index < -0.39 is 0 Å². The van der Waals surface area contributed by atoms with Gasteiger partial charge in [-0.2, -0.15) is 4.37 Å². The van der Waals surface area contributed by atoms with Gasteiger partial charge in [-0.05, 0) is 18.7 Å². The molecule has 0 spiro atoms. The zero-order valence-corrected chi connectivity index (χ0v) is 14.5. The van der Waals surface area contributed by atoms with E-state index in [1.54, 1.807) is 0 Å². The van der Waals surface area contributed by atoms with Gasteiger partial charge in [0.25, 0.3) is 5.88 Å². The predicted octanol–water partition coefficient (Wildman–Crippen LogP) is 3.57. The molecule has 1 aromatic rings. The van der Waals surface area contributed by atoms with Gasteiger partial charge in [0, 0.05) is 19.2 Å². The minimum absolute atomic E-state index is 0. The fourth-order valence-electron chi connectivity index (χ4n) is 1.83. The highest BCUT2D eigenvalue weighted by Gasteiger charge is 2.16. The van der Waals surface area contributed by atoms with Crippen LogP contribution >= 0.6 is 35.7 Å². The Labute approximate surface area is 135 Å². The fourth-order valence-corrected chi connectivity index (χ4v) is 2.36. The van der Waals surface area contributed by atoms with Gasteiger partial charge in [0.1, 0.15) is 5.69 Å². The Bertz CT molecular complexity index is 445. The number of rotatable bonds is 6. The predicted molar refractivity (Wildman–Crippen MR) is 90.1 cm³/mol. The summed E-state index contributed by atoms with van der Waals surface area (Å²) in [5.41, 5.74) is 2.06. The second-order valence-electron chi connectivity index (χ2n) is 4.42. The summed E-state index contributed by atoms with van der Waals surface area (Å²) in [6, 6.07) is 0. The lowest BCUT2D eigenvalue weighted by molar-refractivity contribution is 0.296. The van der Waals surface area contributed by atoms with Crippen LogP contribution in [0.15, 0.2) is 18.4 Å². The summed E-state index contributed by atoms with van der Waals surface area (Å²) >= 11 is 1.22. The van der Waals surface area contributed by atoms with Crippen molar-refractivity contribution in [1.29, 1.82) is 0 Å². The van der Waals surface area contributed by atoms with Crippen LogP contribution < -0.4 is 4.74 Å². The van der Waals surface area contributed by atoms with Crippen LogP contribution in [0.25, 0.3) is 5.57 Å². The minimum atomic E-state index is 0. The first kappa shape index (κ1) is 16.4. The average Bonchev–Trinajstić information content (AvgIpc) is 2.83. The van der Waals surface area contributed by atoms with E-state index in [1.165, 1.54) is 30.1 Å². The van der Waals surface area contributed by atoms with Crippen molar-refractivity contribution in [2.75, 3.05) is 20.2 Å². The summed E-state index contributed by atoms with van der Waals surface area (Å²) in [6.07, 6.45) is 9.62. The summed E-state index contributed by atoms with van der Waals surface area (Å²) in [5, 5.41) is 0.